The molecule has 1 aliphatic carbocycles. The number of aliphatic imine (C=N–C) groups is 1. The van der Waals surface area contributed by atoms with Gasteiger partial charge in [-0.1, -0.05) is 19.1 Å². The highest BCUT2D eigenvalue weighted by Crippen LogP contribution is 2.43. The maximum atomic E-state index is 13.1. The maximum absolute atomic E-state index is 13.1. The molecule has 3 rings (SSSR count). The van der Waals surface area contributed by atoms with Crippen molar-refractivity contribution in [3.63, 3.8) is 0 Å². The summed E-state index contributed by atoms with van der Waals surface area (Å²) in [5.41, 5.74) is 4.28. The third-order valence-corrected chi connectivity index (χ3v) is 7.04. The number of rotatable bonds is 9. The number of nitrogens with zero attached hydrogens (tertiary/aromatic N) is 2. The summed E-state index contributed by atoms with van der Waals surface area (Å²) >= 11 is 1.74. The standard InChI is InChI=1S/C25H34N2O3S/c1-5-27(6-2)19-13-11-18(12-14-19)23-22(25(29)30-15-16-31-7-3)17(4)26-20-9-8-10-21(28)24(20)23/h11-14,23-24H,5-10,15-16H2,1-4H3/t23-,24?/m1/s1. The molecule has 0 saturated heterocycles. The van der Waals surface area contributed by atoms with E-state index in [1.807, 2.05) is 6.92 Å². The van der Waals surface area contributed by atoms with Crippen LogP contribution < -0.4 is 4.90 Å². The van der Waals surface area contributed by atoms with E-state index in [9.17, 15) is 9.59 Å². The Morgan fingerprint density at radius 3 is 2.48 bits per heavy atom. The molecule has 5 nitrogen and oxygen atoms in total. The number of Topliss-reactive ketones (excluding diaryl/α,β-unsaturated/α-hetero) is 1. The Balaban J connectivity index is 1.97. The molecule has 31 heavy (non-hydrogen) atoms. The summed E-state index contributed by atoms with van der Waals surface area (Å²) in [5.74, 6) is 0.928. The zero-order valence-corrected chi connectivity index (χ0v) is 20.0. The number of hydrogen-bond acceptors (Lipinski definition) is 6. The highest BCUT2D eigenvalue weighted by Gasteiger charge is 2.43. The van der Waals surface area contributed by atoms with Crippen LogP contribution in [-0.2, 0) is 14.3 Å². The first-order chi connectivity index (χ1) is 15.0. The second-order valence-electron chi connectivity index (χ2n) is 7.97. The molecule has 1 heterocycles. The number of ketones is 1. The average molecular weight is 443 g/mol. The van der Waals surface area contributed by atoms with E-state index in [0.717, 1.165) is 54.4 Å². The molecule has 2 aliphatic rings. The summed E-state index contributed by atoms with van der Waals surface area (Å²) in [5, 5.41) is 0. The lowest BCUT2D eigenvalue weighted by atomic mass is 9.69. The van der Waals surface area contributed by atoms with Crippen molar-refractivity contribution in [2.24, 2.45) is 10.9 Å². The molecule has 1 aromatic carbocycles. The van der Waals surface area contributed by atoms with Crippen LogP contribution in [0.15, 0.2) is 40.5 Å². The van der Waals surface area contributed by atoms with Crippen LogP contribution in [0, 0.1) is 5.92 Å². The van der Waals surface area contributed by atoms with Crippen molar-refractivity contribution in [2.75, 3.05) is 36.1 Å². The van der Waals surface area contributed by atoms with Crippen molar-refractivity contribution in [3.8, 4) is 0 Å². The molecule has 6 heteroatoms. The molecule has 1 aliphatic heterocycles. The summed E-state index contributed by atoms with van der Waals surface area (Å²) in [7, 11) is 0. The lowest BCUT2D eigenvalue weighted by Gasteiger charge is -2.35. The molecule has 0 aromatic heterocycles. The molecule has 1 fully saturated rings. The van der Waals surface area contributed by atoms with E-state index in [0.29, 0.717) is 24.3 Å². The Hall–Kier alpha value is -2.08. The fraction of sp³-hybridized carbons (Fsp3) is 0.560. The second-order valence-corrected chi connectivity index (χ2v) is 9.37. The third kappa shape index (κ3) is 5.22. The van der Waals surface area contributed by atoms with Crippen molar-refractivity contribution >= 4 is 34.9 Å². The van der Waals surface area contributed by atoms with Crippen molar-refractivity contribution in [1.29, 1.82) is 0 Å². The number of fused-ring (bicyclic) bond motifs is 1. The van der Waals surface area contributed by atoms with E-state index < -0.39 is 0 Å². The van der Waals surface area contributed by atoms with Gasteiger partial charge in [0.2, 0.25) is 0 Å². The smallest absolute Gasteiger partial charge is 0.336 e. The Morgan fingerprint density at radius 2 is 1.84 bits per heavy atom. The van der Waals surface area contributed by atoms with Gasteiger partial charge in [-0.2, -0.15) is 11.8 Å². The minimum atomic E-state index is -0.357. The molecular weight excluding hydrogens is 408 g/mol. The highest BCUT2D eigenvalue weighted by molar-refractivity contribution is 7.99. The molecule has 1 aromatic rings. The molecule has 1 saturated carbocycles. The molecule has 2 atom stereocenters. The van der Waals surface area contributed by atoms with Crippen LogP contribution in [0.4, 0.5) is 5.69 Å². The number of ether oxygens (including phenoxy) is 1. The summed E-state index contributed by atoms with van der Waals surface area (Å²) in [4.78, 5) is 33.1. The summed E-state index contributed by atoms with van der Waals surface area (Å²) in [6.07, 6.45) is 2.20. The van der Waals surface area contributed by atoms with Crippen LogP contribution in [0.5, 0.6) is 0 Å². The predicted octanol–water partition coefficient (Wildman–Crippen LogP) is 5.01. The zero-order valence-electron chi connectivity index (χ0n) is 19.1. The van der Waals surface area contributed by atoms with Crippen molar-refractivity contribution in [1.82, 2.24) is 0 Å². The molecule has 1 unspecified atom stereocenters. The maximum Gasteiger partial charge on any atom is 0.336 e. The van der Waals surface area contributed by atoms with Gasteiger partial charge in [0.25, 0.3) is 0 Å². The number of benzene rings is 1. The number of thioether (sulfide) groups is 1. The number of carbonyl (C=O) groups excluding carboxylic acids is 2. The summed E-state index contributed by atoms with van der Waals surface area (Å²) < 4.78 is 5.61. The molecule has 0 spiro atoms. The topological polar surface area (TPSA) is 59.0 Å². The monoisotopic (exact) mass is 442 g/mol. The van der Waals surface area contributed by atoms with Crippen LogP contribution in [-0.4, -0.2) is 48.7 Å². The van der Waals surface area contributed by atoms with Gasteiger partial charge >= 0.3 is 5.97 Å². The van der Waals surface area contributed by atoms with Crippen LogP contribution in [0.3, 0.4) is 0 Å². The largest absolute Gasteiger partial charge is 0.461 e. The highest BCUT2D eigenvalue weighted by atomic mass is 32.2. The normalized spacial score (nSPS) is 20.9. The van der Waals surface area contributed by atoms with Gasteiger partial charge in [0.15, 0.2) is 0 Å². The van der Waals surface area contributed by atoms with Crippen LogP contribution in [0.1, 0.15) is 58.4 Å². The first-order valence-corrected chi connectivity index (χ1v) is 12.6. The Morgan fingerprint density at radius 1 is 1.13 bits per heavy atom. The van der Waals surface area contributed by atoms with Crippen molar-refractivity contribution < 1.29 is 14.3 Å². The molecule has 0 amide bonds. The minimum Gasteiger partial charge on any atom is -0.461 e. The zero-order chi connectivity index (χ0) is 22.4. The first-order valence-electron chi connectivity index (χ1n) is 11.4. The Bertz CT molecular complexity index is 856. The van der Waals surface area contributed by atoms with Gasteiger partial charge in [-0.15, -0.1) is 0 Å². The number of carbonyl (C=O) groups is 2. The van der Waals surface area contributed by atoms with Crippen LogP contribution >= 0.6 is 11.8 Å². The average Bonchev–Trinajstić information content (AvgIpc) is 2.77. The predicted molar refractivity (Wildman–Crippen MR) is 129 cm³/mol. The van der Waals surface area contributed by atoms with E-state index in [2.05, 4.69) is 49.9 Å². The van der Waals surface area contributed by atoms with Crippen LogP contribution in [0.25, 0.3) is 0 Å². The summed E-state index contributed by atoms with van der Waals surface area (Å²) in [6.45, 7) is 10.5. The fourth-order valence-electron chi connectivity index (χ4n) is 4.64. The van der Waals surface area contributed by atoms with Crippen molar-refractivity contribution in [2.45, 2.75) is 52.9 Å². The number of allylic oxidation sites excluding steroid dienone is 1. The molecule has 168 valence electrons. The molecular formula is C25H34N2O3S. The molecule has 0 radical (unpaired) electrons. The van der Waals surface area contributed by atoms with Gasteiger partial charge in [-0.05, 0) is 57.1 Å². The second kappa shape index (κ2) is 11.0. The Labute approximate surface area is 190 Å². The van der Waals surface area contributed by atoms with Gasteiger partial charge in [0.1, 0.15) is 12.4 Å². The fourth-order valence-corrected chi connectivity index (χ4v) is 5.13. The van der Waals surface area contributed by atoms with Gasteiger partial charge in [0, 0.05) is 48.3 Å². The molecule has 0 N–H and O–H groups in total. The number of anilines is 1. The van der Waals surface area contributed by atoms with E-state index in [-0.39, 0.29) is 23.6 Å². The van der Waals surface area contributed by atoms with E-state index in [1.165, 1.54) is 0 Å². The SMILES string of the molecule is CCSCCOC(=O)C1=C(C)N=C2CCCC(=O)C2[C@@H]1c1ccc(N(CC)CC)cc1. The van der Waals surface area contributed by atoms with E-state index >= 15 is 0 Å². The lowest BCUT2D eigenvalue weighted by Crippen LogP contribution is -2.39. The van der Waals surface area contributed by atoms with E-state index in [4.69, 9.17) is 9.73 Å². The number of hydrogen-bond donors (Lipinski definition) is 0. The first kappa shape index (κ1) is 23.6. The van der Waals surface area contributed by atoms with Crippen molar-refractivity contribution in [3.05, 3.63) is 41.1 Å². The Kier molecular flexibility index (Phi) is 8.35. The third-order valence-electron chi connectivity index (χ3n) is 6.17. The minimum absolute atomic E-state index is 0.183. The van der Waals surface area contributed by atoms with E-state index in [1.54, 1.807) is 11.8 Å². The van der Waals surface area contributed by atoms with Gasteiger partial charge in [0.05, 0.1) is 11.5 Å². The summed E-state index contributed by atoms with van der Waals surface area (Å²) in [6, 6.07) is 8.32. The van der Waals surface area contributed by atoms with Crippen LogP contribution in [0.2, 0.25) is 0 Å². The quantitative estimate of drug-likeness (QED) is 0.397. The van der Waals surface area contributed by atoms with Gasteiger partial charge < -0.3 is 9.64 Å². The molecule has 0 bridgehead atoms. The van der Waals surface area contributed by atoms with Gasteiger partial charge in [-0.3, -0.25) is 9.79 Å². The lowest BCUT2D eigenvalue weighted by molar-refractivity contribution is -0.139. The van der Waals surface area contributed by atoms with Gasteiger partial charge in [-0.25, -0.2) is 4.79 Å². The number of esters is 1.